The summed E-state index contributed by atoms with van der Waals surface area (Å²) in [6.45, 7) is 1.92. The lowest BCUT2D eigenvalue weighted by molar-refractivity contribution is -0.112. The van der Waals surface area contributed by atoms with Crippen LogP contribution in [0, 0.1) is 18.3 Å². The quantitative estimate of drug-likeness (QED) is 0.170. The van der Waals surface area contributed by atoms with Crippen molar-refractivity contribution in [2.75, 3.05) is 5.32 Å². The molecule has 3 rings (SSSR count). The minimum Gasteiger partial charge on any atom is -0.422 e. The average Bonchev–Trinajstić information content (AvgIpc) is 2.76. The molecule has 1 N–H and O–H groups in total. The SMILES string of the molecule is Cc1ccc(C(=O)Oc2ccc(Br)cc2/C=C(\C#N)C(=O)Nc2ccc(Cl)c(Cl)c2)cc1. The summed E-state index contributed by atoms with van der Waals surface area (Å²) in [6, 6.07) is 18.3. The van der Waals surface area contributed by atoms with Crippen LogP contribution in [0.5, 0.6) is 5.75 Å². The fourth-order valence-corrected chi connectivity index (χ4v) is 3.33. The van der Waals surface area contributed by atoms with Crippen molar-refractivity contribution in [2.45, 2.75) is 6.92 Å². The summed E-state index contributed by atoms with van der Waals surface area (Å²) in [5.74, 6) is -1.00. The van der Waals surface area contributed by atoms with Gasteiger partial charge in [-0.3, -0.25) is 4.79 Å². The van der Waals surface area contributed by atoms with Crippen LogP contribution >= 0.6 is 39.1 Å². The topological polar surface area (TPSA) is 79.2 Å². The molecule has 1 amide bonds. The van der Waals surface area contributed by atoms with Crippen LogP contribution in [0.3, 0.4) is 0 Å². The number of benzene rings is 3. The van der Waals surface area contributed by atoms with Gasteiger partial charge in [-0.05, 0) is 61.5 Å². The maximum Gasteiger partial charge on any atom is 0.343 e. The zero-order valence-corrected chi connectivity index (χ0v) is 19.8. The third kappa shape index (κ3) is 5.98. The number of esters is 1. The molecule has 0 aliphatic heterocycles. The third-order valence-corrected chi connectivity index (χ3v) is 5.54. The maximum absolute atomic E-state index is 12.6. The monoisotopic (exact) mass is 528 g/mol. The van der Waals surface area contributed by atoms with Gasteiger partial charge in [0.15, 0.2) is 0 Å². The number of hydrogen-bond donors (Lipinski definition) is 1. The number of anilines is 1. The number of carbonyl (C=O) groups excluding carboxylic acids is 2. The lowest BCUT2D eigenvalue weighted by atomic mass is 10.1. The lowest BCUT2D eigenvalue weighted by Gasteiger charge is -2.10. The van der Waals surface area contributed by atoms with Crippen molar-refractivity contribution >= 4 is 62.8 Å². The number of amides is 1. The largest absolute Gasteiger partial charge is 0.422 e. The maximum atomic E-state index is 12.6. The van der Waals surface area contributed by atoms with Crippen LogP contribution in [-0.2, 0) is 4.79 Å². The Hall–Kier alpha value is -3.11. The summed E-state index contributed by atoms with van der Waals surface area (Å²) in [6.07, 6.45) is 1.34. The highest BCUT2D eigenvalue weighted by Crippen LogP contribution is 2.28. The van der Waals surface area contributed by atoms with Gasteiger partial charge in [-0.2, -0.15) is 5.26 Å². The second-order valence-corrected chi connectivity index (χ2v) is 8.42. The van der Waals surface area contributed by atoms with E-state index in [2.05, 4.69) is 21.2 Å². The smallest absolute Gasteiger partial charge is 0.343 e. The van der Waals surface area contributed by atoms with E-state index in [-0.39, 0.29) is 16.3 Å². The second kappa shape index (κ2) is 10.5. The van der Waals surface area contributed by atoms with Gasteiger partial charge in [0.2, 0.25) is 0 Å². The highest BCUT2D eigenvalue weighted by molar-refractivity contribution is 9.10. The van der Waals surface area contributed by atoms with Gasteiger partial charge in [0.25, 0.3) is 5.91 Å². The van der Waals surface area contributed by atoms with Gasteiger partial charge in [0, 0.05) is 15.7 Å². The molecule has 160 valence electrons. The Kier molecular flexibility index (Phi) is 7.70. The van der Waals surface area contributed by atoms with Crippen LogP contribution in [0.25, 0.3) is 6.08 Å². The van der Waals surface area contributed by atoms with Gasteiger partial charge in [-0.1, -0.05) is 56.8 Å². The van der Waals surface area contributed by atoms with Crippen LogP contribution in [0.1, 0.15) is 21.5 Å². The number of aryl methyl sites for hydroxylation is 1. The highest BCUT2D eigenvalue weighted by atomic mass is 79.9. The first-order chi connectivity index (χ1) is 15.3. The summed E-state index contributed by atoms with van der Waals surface area (Å²) in [5.41, 5.74) is 1.96. The number of ether oxygens (including phenoxy) is 1. The molecule has 0 heterocycles. The molecular weight excluding hydrogens is 515 g/mol. The van der Waals surface area contributed by atoms with Crippen LogP contribution in [0.2, 0.25) is 10.0 Å². The van der Waals surface area contributed by atoms with Crippen LogP contribution in [0.15, 0.2) is 70.7 Å². The van der Waals surface area contributed by atoms with E-state index >= 15 is 0 Å². The number of halogens is 3. The summed E-state index contributed by atoms with van der Waals surface area (Å²) in [7, 11) is 0. The number of carbonyl (C=O) groups is 2. The van der Waals surface area contributed by atoms with Gasteiger partial charge < -0.3 is 10.1 Å². The van der Waals surface area contributed by atoms with E-state index < -0.39 is 11.9 Å². The van der Waals surface area contributed by atoms with Crippen LogP contribution < -0.4 is 10.1 Å². The fourth-order valence-electron chi connectivity index (χ4n) is 2.65. The zero-order valence-electron chi connectivity index (χ0n) is 16.7. The van der Waals surface area contributed by atoms with Gasteiger partial charge >= 0.3 is 5.97 Å². The average molecular weight is 530 g/mol. The first kappa shape index (κ1) is 23.6. The van der Waals surface area contributed by atoms with E-state index in [9.17, 15) is 14.9 Å². The van der Waals surface area contributed by atoms with Crippen LogP contribution in [0.4, 0.5) is 5.69 Å². The zero-order chi connectivity index (χ0) is 23.3. The minimum atomic E-state index is -0.651. The Morgan fingerprint density at radius 2 is 1.75 bits per heavy atom. The Bertz CT molecular complexity index is 1270. The standard InChI is InChI=1S/C24H15BrCl2N2O3/c1-14-2-4-15(5-3-14)24(31)32-22-9-6-18(25)11-16(22)10-17(13-28)23(30)29-19-7-8-20(26)21(27)12-19/h2-12H,1H3,(H,29,30)/b17-10+. The van der Waals surface area contributed by atoms with Crippen molar-refractivity contribution in [2.24, 2.45) is 0 Å². The second-order valence-electron chi connectivity index (χ2n) is 6.69. The van der Waals surface area contributed by atoms with Crippen molar-refractivity contribution in [1.29, 1.82) is 5.26 Å². The molecule has 0 radical (unpaired) electrons. The predicted molar refractivity (Wildman–Crippen MR) is 129 cm³/mol. The summed E-state index contributed by atoms with van der Waals surface area (Å²) >= 11 is 15.2. The molecule has 0 spiro atoms. The molecule has 0 aliphatic rings. The van der Waals surface area contributed by atoms with E-state index in [1.54, 1.807) is 48.5 Å². The van der Waals surface area contributed by atoms with E-state index in [4.69, 9.17) is 27.9 Å². The van der Waals surface area contributed by atoms with Crippen molar-refractivity contribution < 1.29 is 14.3 Å². The van der Waals surface area contributed by atoms with E-state index in [0.717, 1.165) is 5.56 Å². The number of nitriles is 1. The molecule has 32 heavy (non-hydrogen) atoms. The molecule has 8 heteroatoms. The van der Waals surface area contributed by atoms with Gasteiger partial charge in [-0.25, -0.2) is 4.79 Å². The first-order valence-corrected chi connectivity index (χ1v) is 10.8. The molecule has 3 aromatic carbocycles. The van der Waals surface area contributed by atoms with Crippen molar-refractivity contribution in [3.63, 3.8) is 0 Å². The molecule has 3 aromatic rings. The van der Waals surface area contributed by atoms with Crippen molar-refractivity contribution in [1.82, 2.24) is 0 Å². The third-order valence-electron chi connectivity index (χ3n) is 4.30. The first-order valence-electron chi connectivity index (χ1n) is 9.23. The minimum absolute atomic E-state index is 0.193. The number of rotatable bonds is 5. The van der Waals surface area contributed by atoms with Crippen molar-refractivity contribution in [3.05, 3.63) is 97.4 Å². The molecule has 0 aromatic heterocycles. The molecule has 0 atom stereocenters. The Balaban J connectivity index is 1.88. The van der Waals surface area contributed by atoms with Gasteiger partial charge in [0.1, 0.15) is 17.4 Å². The molecular formula is C24H15BrCl2N2O3. The number of nitrogens with one attached hydrogen (secondary N) is 1. The molecule has 0 aliphatic carbocycles. The summed E-state index contributed by atoms with van der Waals surface area (Å²) in [5, 5.41) is 12.7. The molecule has 0 unspecified atom stereocenters. The van der Waals surface area contributed by atoms with E-state index in [0.29, 0.717) is 26.3 Å². The number of nitrogens with zero attached hydrogens (tertiary/aromatic N) is 1. The molecule has 0 saturated carbocycles. The molecule has 0 fully saturated rings. The summed E-state index contributed by atoms with van der Waals surface area (Å²) in [4.78, 5) is 25.1. The predicted octanol–water partition coefficient (Wildman–Crippen LogP) is 6.83. The normalized spacial score (nSPS) is 10.9. The fraction of sp³-hybridized carbons (Fsp3) is 0.0417. The molecule has 0 bridgehead atoms. The highest BCUT2D eigenvalue weighted by Gasteiger charge is 2.15. The van der Waals surface area contributed by atoms with Crippen molar-refractivity contribution in [3.8, 4) is 11.8 Å². The molecule has 5 nitrogen and oxygen atoms in total. The lowest BCUT2D eigenvalue weighted by Crippen LogP contribution is -2.14. The Morgan fingerprint density at radius 1 is 1.03 bits per heavy atom. The van der Waals surface area contributed by atoms with E-state index in [1.165, 1.54) is 18.2 Å². The van der Waals surface area contributed by atoms with E-state index in [1.807, 2.05) is 13.0 Å². The molecule has 0 saturated heterocycles. The number of hydrogen-bond acceptors (Lipinski definition) is 4. The van der Waals surface area contributed by atoms with Gasteiger partial charge in [-0.15, -0.1) is 0 Å². The Labute approximate surface area is 203 Å². The summed E-state index contributed by atoms with van der Waals surface area (Å²) < 4.78 is 6.20. The van der Waals surface area contributed by atoms with Crippen LogP contribution in [-0.4, -0.2) is 11.9 Å². The Morgan fingerprint density at radius 3 is 2.41 bits per heavy atom. The van der Waals surface area contributed by atoms with Gasteiger partial charge in [0.05, 0.1) is 15.6 Å².